The molecule has 1 aromatic heterocycles. The van der Waals surface area contributed by atoms with E-state index in [2.05, 4.69) is 10.6 Å². The fourth-order valence-electron chi connectivity index (χ4n) is 2.93. The van der Waals surface area contributed by atoms with Crippen molar-refractivity contribution in [2.75, 3.05) is 11.9 Å². The molecule has 0 aliphatic rings. The fourth-order valence-corrected chi connectivity index (χ4v) is 2.93. The lowest BCUT2D eigenvalue weighted by atomic mass is 10.1. The number of aromatic nitrogens is 1. The third-order valence-electron chi connectivity index (χ3n) is 4.58. The minimum Gasteiger partial charge on any atom is -0.463 e. The molecule has 1 aromatic carbocycles. The zero-order valence-corrected chi connectivity index (χ0v) is 19.3. The van der Waals surface area contributed by atoms with Gasteiger partial charge in [-0.1, -0.05) is 36.4 Å². The molecule has 1 atom stereocenters. The van der Waals surface area contributed by atoms with E-state index >= 15 is 0 Å². The van der Waals surface area contributed by atoms with E-state index in [-0.39, 0.29) is 38.3 Å². The molecule has 11 nitrogen and oxygen atoms in total. The molecule has 0 unspecified atom stereocenters. The van der Waals surface area contributed by atoms with Crippen molar-refractivity contribution in [1.29, 1.82) is 0 Å². The third kappa shape index (κ3) is 9.95. The van der Waals surface area contributed by atoms with E-state index in [1.165, 1.54) is 24.4 Å². The van der Waals surface area contributed by atoms with E-state index in [1.807, 2.05) is 18.2 Å². The quantitative estimate of drug-likeness (QED) is 0.304. The summed E-state index contributed by atoms with van der Waals surface area (Å²) < 4.78 is 11.0. The van der Waals surface area contributed by atoms with Gasteiger partial charge in [0.25, 0.3) is 5.56 Å². The lowest BCUT2D eigenvalue weighted by molar-refractivity contribution is -0.137. The van der Waals surface area contributed by atoms with Crippen molar-refractivity contribution in [2.45, 2.75) is 39.0 Å². The van der Waals surface area contributed by atoms with Crippen molar-refractivity contribution in [3.8, 4) is 0 Å². The van der Waals surface area contributed by atoms with Gasteiger partial charge < -0.3 is 25.1 Å². The number of amides is 3. The number of esters is 1. The lowest BCUT2D eigenvalue weighted by Gasteiger charge is -2.15. The molecule has 0 fully saturated rings. The Kier molecular flexibility index (Phi) is 10.7. The first kappa shape index (κ1) is 26.8. The molecule has 0 bridgehead atoms. The number of hydrogen-bond acceptors (Lipinski definition) is 7. The topological polar surface area (TPSA) is 159 Å². The van der Waals surface area contributed by atoms with E-state index < -0.39 is 35.5 Å². The number of nitrogens with two attached hydrogens (primary N) is 1. The molecule has 1 heterocycles. The van der Waals surface area contributed by atoms with Crippen LogP contribution in [0.5, 0.6) is 0 Å². The highest BCUT2D eigenvalue weighted by Gasteiger charge is 2.14. The highest BCUT2D eigenvalue weighted by Crippen LogP contribution is 2.05. The van der Waals surface area contributed by atoms with Gasteiger partial charge in [0.2, 0.25) is 11.8 Å². The number of benzene rings is 1. The average Bonchev–Trinajstić information content (AvgIpc) is 2.83. The number of carbonyl (C=O) groups is 4. The Morgan fingerprint density at radius 1 is 1.09 bits per heavy atom. The first-order valence-corrected chi connectivity index (χ1v) is 10.9. The SMILES string of the molecule is CCOC(=O)/C=C/[C@H](CCC(N)=O)NC(=O)Cn1cccc(NC(=O)OCc2ccccc2)c1=O. The van der Waals surface area contributed by atoms with Crippen LogP contribution in [0, 0.1) is 0 Å². The number of pyridine rings is 1. The van der Waals surface area contributed by atoms with E-state index in [1.54, 1.807) is 19.1 Å². The summed E-state index contributed by atoms with van der Waals surface area (Å²) in [5.74, 6) is -1.72. The molecule has 0 radical (unpaired) electrons. The summed E-state index contributed by atoms with van der Waals surface area (Å²) in [6.07, 6.45) is 3.23. The zero-order chi connectivity index (χ0) is 25.6. The maximum atomic E-state index is 12.7. The smallest absolute Gasteiger partial charge is 0.412 e. The number of nitrogens with zero attached hydrogens (tertiary/aromatic N) is 1. The molecular weight excluding hydrogens is 456 g/mol. The second-order valence-electron chi connectivity index (χ2n) is 7.33. The number of nitrogens with one attached hydrogen (secondary N) is 2. The van der Waals surface area contributed by atoms with E-state index in [9.17, 15) is 24.0 Å². The van der Waals surface area contributed by atoms with Crippen LogP contribution in [0.15, 0.2) is 65.6 Å². The molecule has 0 saturated carbocycles. The highest BCUT2D eigenvalue weighted by atomic mass is 16.5. The Hall–Kier alpha value is -4.41. The maximum absolute atomic E-state index is 12.7. The minimum absolute atomic E-state index is 0.0252. The molecule has 2 aromatic rings. The minimum atomic E-state index is -0.816. The van der Waals surface area contributed by atoms with Crippen LogP contribution in [-0.4, -0.2) is 41.1 Å². The normalized spacial score (nSPS) is 11.5. The predicted molar refractivity (Wildman–Crippen MR) is 127 cm³/mol. The molecule has 186 valence electrons. The average molecular weight is 485 g/mol. The molecular formula is C24H28N4O7. The predicted octanol–water partition coefficient (Wildman–Crippen LogP) is 1.47. The van der Waals surface area contributed by atoms with E-state index in [4.69, 9.17) is 15.2 Å². The monoisotopic (exact) mass is 484 g/mol. The Balaban J connectivity index is 2.00. The lowest BCUT2D eigenvalue weighted by Crippen LogP contribution is -2.39. The third-order valence-corrected chi connectivity index (χ3v) is 4.58. The van der Waals surface area contributed by atoms with E-state index in [0.717, 1.165) is 16.2 Å². The molecule has 0 spiro atoms. The highest BCUT2D eigenvalue weighted by molar-refractivity contribution is 5.84. The second kappa shape index (κ2) is 14.0. The summed E-state index contributed by atoms with van der Waals surface area (Å²) in [7, 11) is 0. The van der Waals surface area contributed by atoms with Crippen molar-refractivity contribution in [2.24, 2.45) is 5.73 Å². The molecule has 0 aliphatic carbocycles. The summed E-state index contributed by atoms with van der Waals surface area (Å²) in [6, 6.07) is 11.2. The summed E-state index contributed by atoms with van der Waals surface area (Å²) in [4.78, 5) is 60.0. The first-order chi connectivity index (χ1) is 16.8. The van der Waals surface area contributed by atoms with Crippen LogP contribution in [0.2, 0.25) is 0 Å². The Bertz CT molecular complexity index is 1110. The van der Waals surface area contributed by atoms with Gasteiger partial charge in [-0.3, -0.25) is 19.7 Å². The van der Waals surface area contributed by atoms with Gasteiger partial charge >= 0.3 is 12.1 Å². The van der Waals surface area contributed by atoms with Gasteiger partial charge in [0.15, 0.2) is 0 Å². The Morgan fingerprint density at radius 2 is 1.83 bits per heavy atom. The number of hydrogen-bond donors (Lipinski definition) is 3. The van der Waals surface area contributed by atoms with Gasteiger partial charge in [-0.2, -0.15) is 0 Å². The van der Waals surface area contributed by atoms with Crippen LogP contribution >= 0.6 is 0 Å². The van der Waals surface area contributed by atoms with Crippen LogP contribution < -0.4 is 21.9 Å². The van der Waals surface area contributed by atoms with E-state index in [0.29, 0.717) is 0 Å². The van der Waals surface area contributed by atoms with Crippen LogP contribution in [0.1, 0.15) is 25.3 Å². The van der Waals surface area contributed by atoms with Gasteiger partial charge in [0.05, 0.1) is 6.61 Å². The molecule has 11 heteroatoms. The van der Waals surface area contributed by atoms with Crippen LogP contribution in [0.4, 0.5) is 10.5 Å². The molecule has 3 amide bonds. The van der Waals surface area contributed by atoms with Gasteiger partial charge in [0, 0.05) is 24.7 Å². The van der Waals surface area contributed by atoms with Crippen LogP contribution in [0.3, 0.4) is 0 Å². The van der Waals surface area contributed by atoms with Gasteiger partial charge in [-0.15, -0.1) is 0 Å². The maximum Gasteiger partial charge on any atom is 0.412 e. The number of anilines is 1. The van der Waals surface area contributed by atoms with Crippen LogP contribution in [0.25, 0.3) is 0 Å². The van der Waals surface area contributed by atoms with Crippen molar-refractivity contribution in [3.05, 3.63) is 76.7 Å². The van der Waals surface area contributed by atoms with Gasteiger partial charge in [0.1, 0.15) is 18.8 Å². The second-order valence-corrected chi connectivity index (χ2v) is 7.33. The Labute approximate surface area is 201 Å². The molecule has 0 aliphatic heterocycles. The van der Waals surface area contributed by atoms with Crippen molar-refractivity contribution >= 4 is 29.6 Å². The summed E-state index contributed by atoms with van der Waals surface area (Å²) in [5.41, 5.74) is 5.28. The first-order valence-electron chi connectivity index (χ1n) is 10.9. The molecule has 35 heavy (non-hydrogen) atoms. The number of primary amides is 1. The zero-order valence-electron chi connectivity index (χ0n) is 19.3. The fraction of sp³-hybridized carbons (Fsp3) is 0.292. The molecule has 2 rings (SSSR count). The van der Waals surface area contributed by atoms with Crippen molar-refractivity contribution in [3.63, 3.8) is 0 Å². The van der Waals surface area contributed by atoms with Crippen molar-refractivity contribution < 1.29 is 28.7 Å². The summed E-state index contributed by atoms with van der Waals surface area (Å²) in [5, 5.41) is 5.00. The molecule has 4 N–H and O–H groups in total. The van der Waals surface area contributed by atoms with Crippen molar-refractivity contribution in [1.82, 2.24) is 9.88 Å². The number of ether oxygens (including phenoxy) is 2. The van der Waals surface area contributed by atoms with Gasteiger partial charge in [-0.25, -0.2) is 9.59 Å². The standard InChI is InChI=1S/C24H28N4O7/c1-2-34-22(31)13-11-18(10-12-20(25)29)26-21(30)15-28-14-6-9-19(23(28)32)27-24(33)35-16-17-7-4-3-5-8-17/h3-9,11,13-14,18H,2,10,12,15-16H2,1H3,(H2,25,29)(H,26,30)(H,27,33)/b13-11+/t18-/m0/s1. The number of carbonyl (C=O) groups excluding carboxylic acids is 4. The molecule has 0 saturated heterocycles. The summed E-state index contributed by atoms with van der Waals surface area (Å²) in [6.45, 7) is 1.51. The number of rotatable bonds is 12. The van der Waals surface area contributed by atoms with Gasteiger partial charge in [-0.05, 0) is 31.0 Å². The van der Waals surface area contributed by atoms with Crippen LogP contribution in [-0.2, 0) is 37.0 Å². The largest absolute Gasteiger partial charge is 0.463 e. The Morgan fingerprint density at radius 3 is 2.51 bits per heavy atom. The summed E-state index contributed by atoms with van der Waals surface area (Å²) >= 11 is 0.